The number of nitrogens with one attached hydrogen (secondary N) is 1. The Kier molecular flexibility index (Phi) is 6.36. The van der Waals surface area contributed by atoms with Crippen molar-refractivity contribution in [1.29, 1.82) is 0 Å². The van der Waals surface area contributed by atoms with Crippen molar-refractivity contribution in [2.45, 2.75) is 25.9 Å². The van der Waals surface area contributed by atoms with E-state index in [0.29, 0.717) is 13.1 Å². The summed E-state index contributed by atoms with van der Waals surface area (Å²) in [5.74, 6) is -0.126. The monoisotopic (exact) mass is 310 g/mol. The van der Waals surface area contributed by atoms with Gasteiger partial charge in [-0.1, -0.05) is 60.7 Å². The Morgan fingerprint density at radius 3 is 2.04 bits per heavy atom. The van der Waals surface area contributed by atoms with Gasteiger partial charge in [0, 0.05) is 33.0 Å². The molecule has 4 nitrogen and oxygen atoms in total. The minimum atomic E-state index is -0.102. The lowest BCUT2D eigenvalue weighted by Crippen LogP contribution is -2.29. The molecular formula is C19H22N2O2. The quantitative estimate of drug-likeness (QED) is 0.855. The van der Waals surface area contributed by atoms with Crippen molar-refractivity contribution in [1.82, 2.24) is 10.2 Å². The van der Waals surface area contributed by atoms with Crippen LogP contribution in [0.3, 0.4) is 0 Å². The molecule has 0 aliphatic rings. The lowest BCUT2D eigenvalue weighted by molar-refractivity contribution is -0.133. The standard InChI is InChI=1S/C19H22N2O2/c1-21(15-17-10-6-3-7-11-17)19(23)13-12-18(22)20-14-16-8-4-2-5-9-16/h2-11H,12-15H2,1H3,(H,20,22). The van der Waals surface area contributed by atoms with Gasteiger partial charge >= 0.3 is 0 Å². The Morgan fingerprint density at radius 2 is 1.43 bits per heavy atom. The number of carbonyl (C=O) groups is 2. The molecule has 0 saturated carbocycles. The number of hydrogen-bond acceptors (Lipinski definition) is 2. The van der Waals surface area contributed by atoms with Crippen LogP contribution in [0.25, 0.3) is 0 Å². The molecule has 0 aliphatic carbocycles. The molecule has 2 rings (SSSR count). The first kappa shape index (κ1) is 16.7. The Hall–Kier alpha value is -2.62. The summed E-state index contributed by atoms with van der Waals surface area (Å²) < 4.78 is 0. The molecule has 0 aromatic heterocycles. The van der Waals surface area contributed by atoms with E-state index in [0.717, 1.165) is 11.1 Å². The van der Waals surface area contributed by atoms with Gasteiger partial charge in [-0.2, -0.15) is 0 Å². The van der Waals surface area contributed by atoms with Gasteiger partial charge in [0.15, 0.2) is 0 Å². The maximum atomic E-state index is 12.1. The molecule has 4 heteroatoms. The summed E-state index contributed by atoms with van der Waals surface area (Å²) in [4.78, 5) is 25.5. The summed E-state index contributed by atoms with van der Waals surface area (Å²) >= 11 is 0. The number of rotatable bonds is 7. The number of carbonyl (C=O) groups excluding carboxylic acids is 2. The number of hydrogen-bond donors (Lipinski definition) is 1. The summed E-state index contributed by atoms with van der Waals surface area (Å²) in [7, 11) is 1.76. The van der Waals surface area contributed by atoms with Gasteiger partial charge in [0.25, 0.3) is 0 Å². The maximum Gasteiger partial charge on any atom is 0.223 e. The third kappa shape index (κ3) is 5.94. The van der Waals surface area contributed by atoms with Crippen LogP contribution in [-0.4, -0.2) is 23.8 Å². The average Bonchev–Trinajstić information content (AvgIpc) is 2.59. The van der Waals surface area contributed by atoms with Gasteiger partial charge in [-0.05, 0) is 11.1 Å². The molecule has 2 amide bonds. The van der Waals surface area contributed by atoms with Crippen molar-refractivity contribution in [2.75, 3.05) is 7.05 Å². The van der Waals surface area contributed by atoms with E-state index in [1.165, 1.54) is 0 Å². The molecule has 0 atom stereocenters. The second kappa shape index (κ2) is 8.73. The predicted molar refractivity (Wildman–Crippen MR) is 90.4 cm³/mol. The van der Waals surface area contributed by atoms with Gasteiger partial charge in [0.2, 0.25) is 11.8 Å². The Labute approximate surface area is 137 Å². The van der Waals surface area contributed by atoms with Crippen LogP contribution in [0.1, 0.15) is 24.0 Å². The van der Waals surface area contributed by atoms with Gasteiger partial charge in [-0.15, -0.1) is 0 Å². The zero-order valence-electron chi connectivity index (χ0n) is 13.4. The third-order valence-electron chi connectivity index (χ3n) is 3.59. The molecule has 23 heavy (non-hydrogen) atoms. The second-order valence-corrected chi connectivity index (χ2v) is 5.50. The largest absolute Gasteiger partial charge is 0.352 e. The van der Waals surface area contributed by atoms with Crippen LogP contribution in [0.15, 0.2) is 60.7 Å². The third-order valence-corrected chi connectivity index (χ3v) is 3.59. The SMILES string of the molecule is CN(Cc1ccccc1)C(=O)CCC(=O)NCc1ccccc1. The summed E-state index contributed by atoms with van der Waals surface area (Å²) in [6.45, 7) is 1.05. The highest BCUT2D eigenvalue weighted by molar-refractivity contribution is 5.83. The number of benzene rings is 2. The molecule has 120 valence electrons. The lowest BCUT2D eigenvalue weighted by Gasteiger charge is -2.17. The highest BCUT2D eigenvalue weighted by Gasteiger charge is 2.11. The zero-order chi connectivity index (χ0) is 16.5. The molecule has 0 saturated heterocycles. The minimum absolute atomic E-state index is 0.0243. The summed E-state index contributed by atoms with van der Waals surface area (Å²) in [6, 6.07) is 19.5. The second-order valence-electron chi connectivity index (χ2n) is 5.50. The summed E-state index contributed by atoms with van der Waals surface area (Å²) in [6.07, 6.45) is 0.439. The topological polar surface area (TPSA) is 49.4 Å². The van der Waals surface area contributed by atoms with Crippen LogP contribution < -0.4 is 5.32 Å². The lowest BCUT2D eigenvalue weighted by atomic mass is 10.2. The van der Waals surface area contributed by atoms with Crippen LogP contribution in [-0.2, 0) is 22.7 Å². The van der Waals surface area contributed by atoms with Gasteiger partial charge in [0.1, 0.15) is 0 Å². The van der Waals surface area contributed by atoms with Crippen molar-refractivity contribution in [3.63, 3.8) is 0 Å². The van der Waals surface area contributed by atoms with E-state index in [1.54, 1.807) is 11.9 Å². The van der Waals surface area contributed by atoms with Crippen LogP contribution in [0.4, 0.5) is 0 Å². The molecule has 1 N–H and O–H groups in total. The van der Waals surface area contributed by atoms with Gasteiger partial charge in [-0.3, -0.25) is 9.59 Å². The van der Waals surface area contributed by atoms with E-state index >= 15 is 0 Å². The van der Waals surface area contributed by atoms with E-state index in [1.807, 2.05) is 60.7 Å². The van der Waals surface area contributed by atoms with Crippen LogP contribution >= 0.6 is 0 Å². The number of amides is 2. The fraction of sp³-hybridized carbons (Fsp3) is 0.263. The predicted octanol–water partition coefficient (Wildman–Crippen LogP) is 2.74. The normalized spacial score (nSPS) is 10.1. The van der Waals surface area contributed by atoms with Gasteiger partial charge in [-0.25, -0.2) is 0 Å². The molecule has 0 unspecified atom stereocenters. The Morgan fingerprint density at radius 1 is 0.870 bits per heavy atom. The van der Waals surface area contributed by atoms with Crippen molar-refractivity contribution in [3.8, 4) is 0 Å². The molecule has 2 aromatic carbocycles. The molecule has 0 aliphatic heterocycles. The van der Waals surface area contributed by atoms with E-state index in [4.69, 9.17) is 0 Å². The van der Waals surface area contributed by atoms with Crippen molar-refractivity contribution in [3.05, 3.63) is 71.8 Å². The van der Waals surface area contributed by atoms with Gasteiger partial charge in [0.05, 0.1) is 0 Å². The Bertz CT molecular complexity index is 626. The summed E-state index contributed by atoms with van der Waals surface area (Å²) in [5, 5.41) is 2.83. The van der Waals surface area contributed by atoms with E-state index in [2.05, 4.69) is 5.32 Å². The summed E-state index contributed by atoms with van der Waals surface area (Å²) in [5.41, 5.74) is 2.13. The molecule has 0 spiro atoms. The maximum absolute atomic E-state index is 12.1. The van der Waals surface area contributed by atoms with Crippen LogP contribution in [0.2, 0.25) is 0 Å². The fourth-order valence-corrected chi connectivity index (χ4v) is 2.24. The highest BCUT2D eigenvalue weighted by Crippen LogP contribution is 2.05. The average molecular weight is 310 g/mol. The van der Waals surface area contributed by atoms with E-state index in [-0.39, 0.29) is 24.7 Å². The van der Waals surface area contributed by atoms with Crippen LogP contribution in [0, 0.1) is 0 Å². The zero-order valence-corrected chi connectivity index (χ0v) is 13.4. The molecule has 0 heterocycles. The minimum Gasteiger partial charge on any atom is -0.352 e. The Balaban J connectivity index is 1.70. The van der Waals surface area contributed by atoms with Gasteiger partial charge < -0.3 is 10.2 Å². The number of nitrogens with zero attached hydrogens (tertiary/aromatic N) is 1. The first-order chi connectivity index (χ1) is 11.1. The highest BCUT2D eigenvalue weighted by atomic mass is 16.2. The smallest absolute Gasteiger partial charge is 0.223 e. The first-order valence-corrected chi connectivity index (χ1v) is 7.73. The van der Waals surface area contributed by atoms with Crippen molar-refractivity contribution in [2.24, 2.45) is 0 Å². The van der Waals surface area contributed by atoms with Crippen molar-refractivity contribution < 1.29 is 9.59 Å². The van der Waals surface area contributed by atoms with Crippen molar-refractivity contribution >= 4 is 11.8 Å². The fourth-order valence-electron chi connectivity index (χ4n) is 2.24. The van der Waals surface area contributed by atoms with E-state index < -0.39 is 0 Å². The molecule has 2 aromatic rings. The van der Waals surface area contributed by atoms with E-state index in [9.17, 15) is 9.59 Å². The molecule has 0 bridgehead atoms. The molecular weight excluding hydrogens is 288 g/mol. The molecule has 0 fully saturated rings. The molecule has 0 radical (unpaired) electrons. The van der Waals surface area contributed by atoms with Crippen LogP contribution in [0.5, 0.6) is 0 Å². The first-order valence-electron chi connectivity index (χ1n) is 7.73.